The smallest absolute Gasteiger partial charge is 0.322 e. The van der Waals surface area contributed by atoms with Gasteiger partial charge >= 0.3 is 5.97 Å². The molecule has 0 saturated heterocycles. The molecule has 5 nitrogen and oxygen atoms in total. The molecule has 23 heavy (non-hydrogen) atoms. The third-order valence-corrected chi connectivity index (χ3v) is 3.11. The average Bonchev–Trinajstić information content (AvgIpc) is 2.40. The Labute approximate surface area is 137 Å². The van der Waals surface area contributed by atoms with Gasteiger partial charge in [-0.05, 0) is 32.8 Å². The number of nitrogens with one attached hydrogen (secondary N) is 2. The summed E-state index contributed by atoms with van der Waals surface area (Å²) in [6.07, 6.45) is 14.5. The number of carbonyl (C=O) groups is 2. The van der Waals surface area contributed by atoms with Crippen LogP contribution in [0.15, 0.2) is 48.1 Å². The highest BCUT2D eigenvalue weighted by atomic mass is 16.4. The molecule has 126 valence electrons. The zero-order valence-corrected chi connectivity index (χ0v) is 14.0. The molecule has 1 rings (SSSR count). The lowest BCUT2D eigenvalue weighted by atomic mass is 10.1. The molecule has 1 aliphatic rings. The van der Waals surface area contributed by atoms with Gasteiger partial charge in [0.25, 0.3) is 0 Å². The first-order chi connectivity index (χ1) is 10.8. The van der Waals surface area contributed by atoms with Crippen molar-refractivity contribution in [1.29, 1.82) is 0 Å². The molecular weight excluding hydrogens is 292 g/mol. The zero-order chi connectivity index (χ0) is 17.3. The van der Waals surface area contributed by atoms with Crippen LogP contribution in [-0.2, 0) is 9.59 Å². The van der Waals surface area contributed by atoms with E-state index < -0.39 is 12.0 Å². The predicted octanol–water partition coefficient (Wildman–Crippen LogP) is 2.33. The summed E-state index contributed by atoms with van der Waals surface area (Å²) in [7, 11) is 0. The maximum absolute atomic E-state index is 11.9. The minimum absolute atomic E-state index is 0.0724. The molecule has 0 spiro atoms. The Hall–Kier alpha value is -2.14. The molecule has 0 radical (unpaired) electrons. The van der Waals surface area contributed by atoms with E-state index in [9.17, 15) is 14.7 Å². The largest absolute Gasteiger partial charge is 0.480 e. The number of hydrogen-bond acceptors (Lipinski definition) is 3. The SMILES string of the molecule is CC(C)(C)NC(CNC(=O)CCC1=C/C=C\C=C/C=C\1)C(=O)O. The number of allylic oxidation sites excluding steroid dienone is 8. The van der Waals surface area contributed by atoms with E-state index in [0.29, 0.717) is 12.8 Å². The third kappa shape index (κ3) is 8.78. The van der Waals surface area contributed by atoms with Gasteiger partial charge in [0.05, 0.1) is 0 Å². The van der Waals surface area contributed by atoms with E-state index in [0.717, 1.165) is 5.57 Å². The van der Waals surface area contributed by atoms with E-state index in [-0.39, 0.29) is 18.0 Å². The van der Waals surface area contributed by atoms with E-state index in [4.69, 9.17) is 0 Å². The first kappa shape index (κ1) is 18.9. The topological polar surface area (TPSA) is 78.4 Å². The number of rotatable bonds is 7. The Bertz CT molecular complexity index is 537. The molecule has 0 aliphatic heterocycles. The number of hydrogen-bond donors (Lipinski definition) is 3. The van der Waals surface area contributed by atoms with Gasteiger partial charge in [0.15, 0.2) is 0 Å². The molecule has 0 aromatic carbocycles. The van der Waals surface area contributed by atoms with Crippen molar-refractivity contribution >= 4 is 11.9 Å². The van der Waals surface area contributed by atoms with Gasteiger partial charge in [0.2, 0.25) is 5.91 Å². The lowest BCUT2D eigenvalue weighted by molar-refractivity contribution is -0.140. The van der Waals surface area contributed by atoms with E-state index in [1.165, 1.54) is 0 Å². The fraction of sp³-hybridized carbons (Fsp3) is 0.444. The highest BCUT2D eigenvalue weighted by Crippen LogP contribution is 2.09. The quantitative estimate of drug-likeness (QED) is 0.673. The van der Waals surface area contributed by atoms with Crippen LogP contribution in [0.4, 0.5) is 0 Å². The standard InChI is InChI=1S/C18H26N2O3/c1-18(2,3)20-15(17(22)23)13-19-16(21)12-11-14-9-7-5-4-6-8-10-14/h4-10,15,20H,11-13H2,1-3H3,(H,19,21)(H,22,23)/b5-4-,6-4?,7-5?,8-6-,9-7-,10-8?,14-9?,14-10+. The molecule has 1 amide bonds. The van der Waals surface area contributed by atoms with E-state index >= 15 is 0 Å². The van der Waals surface area contributed by atoms with Gasteiger partial charge in [-0.3, -0.25) is 14.9 Å². The van der Waals surface area contributed by atoms with Crippen molar-refractivity contribution in [3.63, 3.8) is 0 Å². The molecule has 1 aliphatic carbocycles. The Morgan fingerprint density at radius 1 is 1.13 bits per heavy atom. The minimum atomic E-state index is -0.970. The Morgan fingerprint density at radius 3 is 2.43 bits per heavy atom. The molecule has 0 aromatic heterocycles. The van der Waals surface area contributed by atoms with Crippen LogP contribution < -0.4 is 10.6 Å². The second-order valence-corrected chi connectivity index (χ2v) is 6.46. The summed E-state index contributed by atoms with van der Waals surface area (Å²) < 4.78 is 0. The summed E-state index contributed by atoms with van der Waals surface area (Å²) in [5.74, 6) is -1.12. The molecule has 3 N–H and O–H groups in total. The minimum Gasteiger partial charge on any atom is -0.480 e. The van der Waals surface area contributed by atoms with Gasteiger partial charge in [0.1, 0.15) is 6.04 Å². The summed E-state index contributed by atoms with van der Waals surface area (Å²) in [6.45, 7) is 5.74. The van der Waals surface area contributed by atoms with E-state index in [2.05, 4.69) is 10.6 Å². The van der Waals surface area contributed by atoms with Crippen LogP contribution in [0.5, 0.6) is 0 Å². The van der Waals surface area contributed by atoms with Gasteiger partial charge in [-0.25, -0.2) is 0 Å². The fourth-order valence-electron chi connectivity index (χ4n) is 2.06. The summed E-state index contributed by atoms with van der Waals surface area (Å²) >= 11 is 0. The molecule has 0 bridgehead atoms. The number of carbonyl (C=O) groups excluding carboxylic acids is 1. The van der Waals surface area contributed by atoms with Crippen LogP contribution >= 0.6 is 0 Å². The average molecular weight is 318 g/mol. The van der Waals surface area contributed by atoms with Gasteiger partial charge in [-0.1, -0.05) is 42.5 Å². The third-order valence-electron chi connectivity index (χ3n) is 3.11. The van der Waals surface area contributed by atoms with Crippen LogP contribution in [0.1, 0.15) is 33.6 Å². The molecule has 0 fully saturated rings. The zero-order valence-electron chi connectivity index (χ0n) is 14.0. The van der Waals surface area contributed by atoms with Crippen molar-refractivity contribution in [2.24, 2.45) is 0 Å². The first-order valence-electron chi connectivity index (χ1n) is 7.76. The lowest BCUT2D eigenvalue weighted by Gasteiger charge is -2.26. The summed E-state index contributed by atoms with van der Waals surface area (Å²) in [6, 6.07) is -0.799. The van der Waals surface area contributed by atoms with Crippen molar-refractivity contribution in [3.05, 3.63) is 48.1 Å². The summed E-state index contributed by atoms with van der Waals surface area (Å²) in [4.78, 5) is 23.1. The second-order valence-electron chi connectivity index (χ2n) is 6.46. The van der Waals surface area contributed by atoms with Crippen molar-refractivity contribution in [3.8, 4) is 0 Å². The maximum atomic E-state index is 11.9. The van der Waals surface area contributed by atoms with Gasteiger partial charge in [0, 0.05) is 18.5 Å². The maximum Gasteiger partial charge on any atom is 0.322 e. The van der Waals surface area contributed by atoms with Crippen molar-refractivity contribution < 1.29 is 14.7 Å². The molecule has 0 heterocycles. The molecular formula is C18H26N2O3. The van der Waals surface area contributed by atoms with Crippen LogP contribution in [0.2, 0.25) is 0 Å². The molecule has 0 saturated carbocycles. The molecule has 5 heteroatoms. The summed E-state index contributed by atoms with van der Waals surface area (Å²) in [5, 5.41) is 14.9. The van der Waals surface area contributed by atoms with Crippen LogP contribution in [0.25, 0.3) is 0 Å². The predicted molar refractivity (Wildman–Crippen MR) is 92.1 cm³/mol. The number of amides is 1. The first-order valence-corrected chi connectivity index (χ1v) is 7.76. The van der Waals surface area contributed by atoms with Gasteiger partial charge < -0.3 is 10.4 Å². The van der Waals surface area contributed by atoms with Crippen LogP contribution in [0, 0.1) is 0 Å². The van der Waals surface area contributed by atoms with Crippen LogP contribution in [-0.4, -0.2) is 35.1 Å². The van der Waals surface area contributed by atoms with E-state index in [1.54, 1.807) is 0 Å². The Kier molecular flexibility index (Phi) is 7.48. The fourth-order valence-corrected chi connectivity index (χ4v) is 2.06. The van der Waals surface area contributed by atoms with Gasteiger partial charge in [-0.15, -0.1) is 0 Å². The Balaban J connectivity index is 2.42. The number of aliphatic carboxylic acids is 1. The van der Waals surface area contributed by atoms with Crippen molar-refractivity contribution in [1.82, 2.24) is 10.6 Å². The van der Waals surface area contributed by atoms with Crippen LogP contribution in [0.3, 0.4) is 0 Å². The van der Waals surface area contributed by atoms with Crippen molar-refractivity contribution in [2.75, 3.05) is 6.54 Å². The highest BCUT2D eigenvalue weighted by Gasteiger charge is 2.23. The highest BCUT2D eigenvalue weighted by molar-refractivity contribution is 5.78. The number of carboxylic acid groups (broad SMARTS) is 1. The second kappa shape index (κ2) is 9.10. The van der Waals surface area contributed by atoms with Gasteiger partial charge in [-0.2, -0.15) is 0 Å². The lowest BCUT2D eigenvalue weighted by Crippen LogP contribution is -2.53. The monoisotopic (exact) mass is 318 g/mol. The van der Waals surface area contributed by atoms with E-state index in [1.807, 2.05) is 63.3 Å². The molecule has 1 atom stereocenters. The Morgan fingerprint density at radius 2 is 1.78 bits per heavy atom. The molecule has 1 unspecified atom stereocenters. The summed E-state index contributed by atoms with van der Waals surface area (Å²) in [5.41, 5.74) is 0.727. The van der Waals surface area contributed by atoms with Crippen molar-refractivity contribution in [2.45, 2.75) is 45.2 Å². The molecule has 0 aromatic rings. The normalized spacial score (nSPS) is 22.0. The number of carboxylic acids is 1.